The van der Waals surface area contributed by atoms with E-state index in [0.29, 0.717) is 11.0 Å². The lowest BCUT2D eigenvalue weighted by atomic mass is 10.0. The highest BCUT2D eigenvalue weighted by Gasteiger charge is 2.25. The zero-order valence-corrected chi connectivity index (χ0v) is 52.5. The van der Waals surface area contributed by atoms with Crippen LogP contribution in [0.3, 0.4) is 0 Å². The van der Waals surface area contributed by atoms with Crippen molar-refractivity contribution >= 4 is 17.9 Å². The zero-order chi connectivity index (χ0) is 57.6. The molecule has 2 atom stereocenters. The highest BCUT2D eigenvalue weighted by Crippen LogP contribution is 2.18. The monoisotopic (exact) mass is 1110 g/mol. The number of unbranched alkanes of at least 4 members (excludes halogenated alkanes) is 37. The number of esters is 2. The SMILES string of the molecule is CCC/C=C\C/C=C\CCCCCCCC(=O)OCC(COC(OCC[N+](C)(C)C)C(=O)O)OC(=O)CCCCCCCCCCCCCCCCCCCCCCCCCCCC/C=C\C/C=C\C/C=C\CCCCCCC. The summed E-state index contributed by atoms with van der Waals surface area (Å²) in [5, 5.41) is 9.70. The minimum Gasteiger partial charge on any atom is -0.477 e. The first-order valence-electron chi connectivity index (χ1n) is 33.5. The Morgan fingerprint density at radius 3 is 1.06 bits per heavy atom. The van der Waals surface area contributed by atoms with Gasteiger partial charge in [-0.1, -0.05) is 280 Å². The smallest absolute Gasteiger partial charge is 0.361 e. The quantitative estimate of drug-likeness (QED) is 0.0211. The van der Waals surface area contributed by atoms with Crippen molar-refractivity contribution in [3.63, 3.8) is 0 Å². The van der Waals surface area contributed by atoms with Gasteiger partial charge in [0.15, 0.2) is 6.10 Å². The molecule has 0 fully saturated rings. The molecule has 0 amide bonds. The molecule has 0 aromatic heterocycles. The molecule has 0 aliphatic heterocycles. The Bertz CT molecular complexity index is 1480. The van der Waals surface area contributed by atoms with Crippen molar-refractivity contribution in [3.05, 3.63) is 60.8 Å². The van der Waals surface area contributed by atoms with E-state index in [2.05, 4.69) is 74.6 Å². The number of ether oxygens (including phenoxy) is 4. The van der Waals surface area contributed by atoms with Gasteiger partial charge in [-0.3, -0.25) is 9.59 Å². The van der Waals surface area contributed by atoms with Gasteiger partial charge in [-0.25, -0.2) is 4.79 Å². The zero-order valence-electron chi connectivity index (χ0n) is 52.5. The van der Waals surface area contributed by atoms with Crippen LogP contribution in [0, 0.1) is 0 Å². The summed E-state index contributed by atoms with van der Waals surface area (Å²) in [7, 11) is 5.97. The number of rotatable bonds is 62. The molecule has 9 heteroatoms. The molecular weight excluding hydrogens is 983 g/mol. The molecule has 0 aromatic rings. The lowest BCUT2D eigenvalue weighted by molar-refractivity contribution is -0.870. The standard InChI is InChI=1S/C70H127NO8/c1-6-8-10-12-14-16-18-20-21-22-23-24-25-26-27-28-29-30-31-32-33-34-35-36-37-38-39-40-41-42-43-44-45-46-47-49-51-53-55-57-59-61-68(73)79-66(65-78-70(69(74)75)76-63-62-71(3,4)5)64-77-67(72)60-58-56-54-52-50-48-19-17-15-13-11-9-7-2/h11,13,17-20,22-23,25-26,66,70H,6-10,12,14-16,21,24,27-65H2,1-5H3/p+1/b13-11-,19-17-,20-18-,23-22-,26-25-. The van der Waals surface area contributed by atoms with E-state index in [1.807, 2.05) is 21.1 Å². The van der Waals surface area contributed by atoms with Gasteiger partial charge < -0.3 is 28.5 Å². The molecule has 2 unspecified atom stereocenters. The van der Waals surface area contributed by atoms with Gasteiger partial charge >= 0.3 is 17.9 Å². The number of aliphatic carboxylic acids is 1. The largest absolute Gasteiger partial charge is 0.477 e. The van der Waals surface area contributed by atoms with Crippen LogP contribution in [0.25, 0.3) is 0 Å². The third kappa shape index (κ3) is 62.4. The number of carboxylic acids is 1. The van der Waals surface area contributed by atoms with Crippen LogP contribution in [0.15, 0.2) is 60.8 Å². The number of carboxylic acid groups (broad SMARTS) is 1. The fraction of sp³-hybridized carbons (Fsp3) is 0.814. The van der Waals surface area contributed by atoms with Crippen LogP contribution in [-0.2, 0) is 33.3 Å². The van der Waals surface area contributed by atoms with Crippen molar-refractivity contribution in [2.75, 3.05) is 47.5 Å². The Labute approximate surface area is 488 Å². The van der Waals surface area contributed by atoms with Crippen molar-refractivity contribution in [1.82, 2.24) is 0 Å². The summed E-state index contributed by atoms with van der Waals surface area (Å²) in [4.78, 5) is 37.4. The number of likely N-dealkylation sites (N-methyl/N-ethyl adjacent to an activating group) is 1. The molecule has 79 heavy (non-hydrogen) atoms. The highest BCUT2D eigenvalue weighted by atomic mass is 16.7. The van der Waals surface area contributed by atoms with Gasteiger partial charge in [0.25, 0.3) is 6.29 Å². The number of allylic oxidation sites excluding steroid dienone is 10. The fourth-order valence-electron chi connectivity index (χ4n) is 9.59. The Hall–Kier alpha value is -3.01. The van der Waals surface area contributed by atoms with Crippen LogP contribution < -0.4 is 0 Å². The summed E-state index contributed by atoms with van der Waals surface area (Å²) in [6, 6.07) is 0. The van der Waals surface area contributed by atoms with Gasteiger partial charge in [0.1, 0.15) is 13.2 Å². The first-order chi connectivity index (χ1) is 38.6. The van der Waals surface area contributed by atoms with Crippen LogP contribution in [0.4, 0.5) is 0 Å². The third-order valence-electron chi connectivity index (χ3n) is 14.7. The van der Waals surface area contributed by atoms with Crippen molar-refractivity contribution in [2.45, 2.75) is 322 Å². The maximum Gasteiger partial charge on any atom is 0.361 e. The van der Waals surface area contributed by atoms with Crippen molar-refractivity contribution in [2.24, 2.45) is 0 Å². The van der Waals surface area contributed by atoms with Crippen LogP contribution >= 0.6 is 0 Å². The van der Waals surface area contributed by atoms with Gasteiger partial charge in [-0.05, 0) is 77.0 Å². The summed E-state index contributed by atoms with van der Waals surface area (Å²) in [5.74, 6) is -2.01. The van der Waals surface area contributed by atoms with Gasteiger partial charge in [0.05, 0.1) is 34.4 Å². The number of quaternary nitrogens is 1. The normalized spacial score (nSPS) is 13.1. The van der Waals surface area contributed by atoms with Crippen LogP contribution in [0.2, 0.25) is 0 Å². The summed E-state index contributed by atoms with van der Waals surface area (Å²) >= 11 is 0. The molecule has 0 spiro atoms. The highest BCUT2D eigenvalue weighted by molar-refractivity contribution is 5.71. The molecule has 0 saturated carbocycles. The second kappa shape index (κ2) is 61.1. The second-order valence-electron chi connectivity index (χ2n) is 23.8. The number of hydrogen-bond donors (Lipinski definition) is 1. The van der Waals surface area contributed by atoms with E-state index in [1.54, 1.807) is 0 Å². The molecule has 460 valence electrons. The van der Waals surface area contributed by atoms with Gasteiger partial charge in [-0.15, -0.1) is 0 Å². The van der Waals surface area contributed by atoms with E-state index in [4.69, 9.17) is 18.9 Å². The second-order valence-corrected chi connectivity index (χ2v) is 23.8. The first-order valence-corrected chi connectivity index (χ1v) is 33.5. The Kier molecular flexibility index (Phi) is 58.7. The van der Waals surface area contributed by atoms with E-state index in [-0.39, 0.29) is 38.6 Å². The minimum absolute atomic E-state index is 0.186. The minimum atomic E-state index is -1.51. The summed E-state index contributed by atoms with van der Waals surface area (Å²) in [5.41, 5.74) is 0. The number of carbonyl (C=O) groups excluding carboxylic acids is 2. The van der Waals surface area contributed by atoms with Gasteiger partial charge in [0, 0.05) is 12.8 Å². The van der Waals surface area contributed by atoms with E-state index in [9.17, 15) is 19.5 Å². The average molecular weight is 1110 g/mol. The summed E-state index contributed by atoms with van der Waals surface area (Å²) in [6.45, 7) is 4.81. The molecule has 0 bridgehead atoms. The molecule has 0 aromatic carbocycles. The maximum absolute atomic E-state index is 12.9. The molecule has 0 aliphatic carbocycles. The molecular formula is C70H128NO8+. The Morgan fingerprint density at radius 2 is 0.709 bits per heavy atom. The molecule has 0 saturated heterocycles. The molecule has 0 heterocycles. The predicted octanol–water partition coefficient (Wildman–Crippen LogP) is 20.4. The predicted molar refractivity (Wildman–Crippen MR) is 336 cm³/mol. The van der Waals surface area contributed by atoms with Gasteiger partial charge in [-0.2, -0.15) is 0 Å². The first kappa shape index (κ1) is 76.0. The topological polar surface area (TPSA) is 108 Å². The molecule has 1 N–H and O–H groups in total. The molecule has 0 radical (unpaired) electrons. The van der Waals surface area contributed by atoms with Crippen LogP contribution in [0.1, 0.15) is 309 Å². The van der Waals surface area contributed by atoms with Gasteiger partial charge in [0.2, 0.25) is 0 Å². The lowest BCUT2D eigenvalue weighted by Gasteiger charge is -2.25. The van der Waals surface area contributed by atoms with Crippen LogP contribution in [-0.4, -0.2) is 87.4 Å². The van der Waals surface area contributed by atoms with Crippen molar-refractivity contribution < 1.29 is 42.9 Å². The third-order valence-corrected chi connectivity index (χ3v) is 14.7. The van der Waals surface area contributed by atoms with E-state index in [1.165, 1.54) is 199 Å². The van der Waals surface area contributed by atoms with E-state index < -0.39 is 24.3 Å². The van der Waals surface area contributed by atoms with Crippen molar-refractivity contribution in [1.29, 1.82) is 0 Å². The summed E-state index contributed by atoms with van der Waals surface area (Å²) < 4.78 is 22.9. The van der Waals surface area contributed by atoms with Crippen LogP contribution in [0.5, 0.6) is 0 Å². The Balaban J connectivity index is 3.90. The van der Waals surface area contributed by atoms with E-state index in [0.717, 1.165) is 83.5 Å². The number of nitrogens with zero attached hydrogens (tertiary/aromatic N) is 1. The lowest BCUT2D eigenvalue weighted by Crippen LogP contribution is -2.40. The maximum atomic E-state index is 12.9. The fourth-order valence-corrected chi connectivity index (χ4v) is 9.59. The Morgan fingerprint density at radius 1 is 0.380 bits per heavy atom. The molecule has 0 rings (SSSR count). The summed E-state index contributed by atoms with van der Waals surface area (Å²) in [6.07, 6.45) is 76.4. The average Bonchev–Trinajstić information content (AvgIpc) is 3.42. The molecule has 9 nitrogen and oxygen atoms in total. The molecule has 0 aliphatic rings. The number of hydrogen-bond acceptors (Lipinski definition) is 7. The number of carbonyl (C=O) groups is 3. The van der Waals surface area contributed by atoms with E-state index >= 15 is 0 Å². The van der Waals surface area contributed by atoms with Crippen molar-refractivity contribution in [3.8, 4) is 0 Å².